The number of aliphatic imine (C=N–C) groups is 1. The molecule has 1 aromatic carbocycles. The molecular formula is C27H38N2O5S. The van der Waals surface area contributed by atoms with Gasteiger partial charge in [0.15, 0.2) is 5.75 Å². The number of phenols is 1. The molecule has 0 aliphatic carbocycles. The number of fused-ring (bicyclic) bond motifs is 3. The molecule has 2 heterocycles. The fourth-order valence-corrected chi connectivity index (χ4v) is 4.92. The fraction of sp³-hybridized carbons (Fsp3) is 0.519. The lowest BCUT2D eigenvalue weighted by Crippen LogP contribution is -2.24. The number of aromatic hydroxyl groups is 1. The van der Waals surface area contributed by atoms with Gasteiger partial charge < -0.3 is 14.2 Å². The van der Waals surface area contributed by atoms with E-state index >= 15 is 0 Å². The first-order valence-electron chi connectivity index (χ1n) is 12.3. The standard InChI is InChI=1S/C27H38N2O5S/c1-19(2)9-7-10-20(3)11-8-12-21(4)13-14-22-25(30)17-23-24(26(22)34-35(31,32)33)18-29-16-6-5-15-28-27(23)29/h9,11,13,17,30H,5-8,10,12,14-16,18H2,1-4H3,(H,31,32,33)/b20-11+,21-13+. The van der Waals surface area contributed by atoms with E-state index in [4.69, 9.17) is 4.18 Å². The van der Waals surface area contributed by atoms with Crippen molar-refractivity contribution >= 4 is 16.2 Å². The predicted octanol–water partition coefficient (Wildman–Crippen LogP) is 5.89. The van der Waals surface area contributed by atoms with Gasteiger partial charge in [-0.15, -0.1) is 0 Å². The van der Waals surface area contributed by atoms with Gasteiger partial charge in [0.25, 0.3) is 0 Å². The summed E-state index contributed by atoms with van der Waals surface area (Å²) in [4.78, 5) is 6.70. The van der Waals surface area contributed by atoms with Gasteiger partial charge in [-0.3, -0.25) is 9.55 Å². The Morgan fingerprint density at radius 2 is 1.77 bits per heavy atom. The number of phenolic OH excluding ortho intramolecular Hbond substituents is 1. The van der Waals surface area contributed by atoms with Gasteiger partial charge in [0.1, 0.15) is 11.6 Å². The van der Waals surface area contributed by atoms with Crippen molar-refractivity contribution in [1.29, 1.82) is 0 Å². The molecule has 0 aromatic heterocycles. The van der Waals surface area contributed by atoms with Crippen molar-refractivity contribution in [2.75, 3.05) is 13.1 Å². The van der Waals surface area contributed by atoms with Crippen LogP contribution in [0.2, 0.25) is 0 Å². The second-order valence-corrected chi connectivity index (χ2v) is 10.8. The van der Waals surface area contributed by atoms with Crippen molar-refractivity contribution in [2.45, 2.75) is 79.2 Å². The Hall–Kier alpha value is -2.58. The second-order valence-electron chi connectivity index (χ2n) is 9.74. The number of nitrogens with zero attached hydrogens (tertiary/aromatic N) is 2. The van der Waals surface area contributed by atoms with Gasteiger partial charge in [-0.25, -0.2) is 0 Å². The number of allylic oxidation sites excluding steroid dienone is 6. The normalized spacial score (nSPS) is 16.4. The van der Waals surface area contributed by atoms with Crippen LogP contribution < -0.4 is 4.18 Å². The average molecular weight is 503 g/mol. The van der Waals surface area contributed by atoms with Crippen molar-refractivity contribution in [3.63, 3.8) is 0 Å². The summed E-state index contributed by atoms with van der Waals surface area (Å²) in [5.74, 6) is 0.700. The van der Waals surface area contributed by atoms with Gasteiger partial charge in [0.2, 0.25) is 0 Å². The summed E-state index contributed by atoms with van der Waals surface area (Å²) >= 11 is 0. The first-order chi connectivity index (χ1) is 16.5. The molecule has 0 bridgehead atoms. The van der Waals surface area contributed by atoms with Crippen molar-refractivity contribution < 1.29 is 22.3 Å². The zero-order chi connectivity index (χ0) is 25.6. The minimum atomic E-state index is -4.76. The predicted molar refractivity (Wildman–Crippen MR) is 140 cm³/mol. The number of benzene rings is 1. The van der Waals surface area contributed by atoms with Crippen LogP contribution in [0.15, 0.2) is 46.0 Å². The van der Waals surface area contributed by atoms with E-state index in [0.29, 0.717) is 36.2 Å². The zero-order valence-electron chi connectivity index (χ0n) is 21.3. The summed E-state index contributed by atoms with van der Waals surface area (Å²) in [7, 11) is -4.76. The molecule has 0 atom stereocenters. The molecule has 0 saturated carbocycles. The highest BCUT2D eigenvalue weighted by Crippen LogP contribution is 2.41. The van der Waals surface area contributed by atoms with Crippen LogP contribution in [-0.2, 0) is 23.4 Å². The molecule has 192 valence electrons. The molecule has 2 aliphatic rings. The quantitative estimate of drug-likeness (QED) is 0.306. The minimum absolute atomic E-state index is 0.0114. The lowest BCUT2D eigenvalue weighted by atomic mass is 9.99. The largest absolute Gasteiger partial charge is 0.507 e. The third-order valence-corrected chi connectivity index (χ3v) is 6.79. The van der Waals surface area contributed by atoms with Crippen molar-refractivity contribution in [3.8, 4) is 11.5 Å². The highest BCUT2D eigenvalue weighted by atomic mass is 32.3. The average Bonchev–Trinajstić information content (AvgIpc) is 2.93. The molecule has 0 spiro atoms. The van der Waals surface area contributed by atoms with Crippen LogP contribution in [0, 0.1) is 0 Å². The Morgan fingerprint density at radius 3 is 2.46 bits per heavy atom. The zero-order valence-corrected chi connectivity index (χ0v) is 22.1. The Labute approximate surface area is 209 Å². The summed E-state index contributed by atoms with van der Waals surface area (Å²) in [6.45, 7) is 10.3. The maximum Gasteiger partial charge on any atom is 0.446 e. The summed E-state index contributed by atoms with van der Waals surface area (Å²) in [6.07, 6.45) is 12.6. The fourth-order valence-electron chi connectivity index (χ4n) is 4.51. The molecular weight excluding hydrogens is 464 g/mol. The number of hydrogen-bond acceptors (Lipinski definition) is 6. The first-order valence-corrected chi connectivity index (χ1v) is 13.7. The second kappa shape index (κ2) is 11.9. The lowest BCUT2D eigenvalue weighted by Gasteiger charge is -2.16. The summed E-state index contributed by atoms with van der Waals surface area (Å²) in [5.41, 5.74) is 5.49. The molecule has 0 fully saturated rings. The molecule has 1 aromatic rings. The Bertz CT molecular complexity index is 1160. The number of hydrogen-bond donors (Lipinski definition) is 2. The van der Waals surface area contributed by atoms with Gasteiger partial charge in [-0.2, -0.15) is 8.42 Å². The molecule has 7 nitrogen and oxygen atoms in total. The summed E-state index contributed by atoms with van der Waals surface area (Å²) < 4.78 is 37.8. The number of amidine groups is 1. The van der Waals surface area contributed by atoms with Crippen LogP contribution in [0.3, 0.4) is 0 Å². The van der Waals surface area contributed by atoms with E-state index in [9.17, 15) is 18.1 Å². The number of rotatable bonds is 10. The topological polar surface area (TPSA) is 99.4 Å². The van der Waals surface area contributed by atoms with Gasteiger partial charge >= 0.3 is 10.4 Å². The highest BCUT2D eigenvalue weighted by Gasteiger charge is 2.33. The van der Waals surface area contributed by atoms with Gasteiger partial charge in [-0.1, -0.05) is 34.9 Å². The van der Waals surface area contributed by atoms with E-state index in [1.165, 1.54) is 11.1 Å². The van der Waals surface area contributed by atoms with Crippen LogP contribution in [-0.4, -0.2) is 41.9 Å². The summed E-state index contributed by atoms with van der Waals surface area (Å²) in [5, 5.41) is 10.8. The Balaban J connectivity index is 1.78. The molecule has 0 amide bonds. The highest BCUT2D eigenvalue weighted by molar-refractivity contribution is 7.81. The van der Waals surface area contributed by atoms with Crippen LogP contribution in [0.25, 0.3) is 0 Å². The smallest absolute Gasteiger partial charge is 0.446 e. The molecule has 0 radical (unpaired) electrons. The van der Waals surface area contributed by atoms with E-state index in [1.807, 2.05) is 13.0 Å². The molecule has 8 heteroatoms. The SMILES string of the molecule is CC(C)=CCC/C(C)=C/CC/C(C)=C/Cc1c(O)cc2c(c1OS(=O)(=O)O)CN1CCCCN=C21. The third kappa shape index (κ3) is 7.70. The first kappa shape index (κ1) is 27.0. The Morgan fingerprint density at radius 1 is 1.09 bits per heavy atom. The maximum atomic E-state index is 11.7. The lowest BCUT2D eigenvalue weighted by molar-refractivity contribution is 0.376. The van der Waals surface area contributed by atoms with E-state index in [2.05, 4.69) is 42.8 Å². The monoisotopic (exact) mass is 502 g/mol. The van der Waals surface area contributed by atoms with Gasteiger partial charge in [0, 0.05) is 36.3 Å². The van der Waals surface area contributed by atoms with Crippen LogP contribution in [0.1, 0.15) is 82.9 Å². The van der Waals surface area contributed by atoms with E-state index in [0.717, 1.165) is 56.5 Å². The van der Waals surface area contributed by atoms with Crippen molar-refractivity contribution in [1.82, 2.24) is 4.90 Å². The molecule has 0 unspecified atom stereocenters. The van der Waals surface area contributed by atoms with Crippen molar-refractivity contribution in [2.24, 2.45) is 4.99 Å². The van der Waals surface area contributed by atoms with E-state index in [-0.39, 0.29) is 11.5 Å². The molecule has 3 rings (SSSR count). The molecule has 2 N–H and O–H groups in total. The van der Waals surface area contributed by atoms with Crippen LogP contribution in [0.5, 0.6) is 11.5 Å². The molecule has 35 heavy (non-hydrogen) atoms. The maximum absolute atomic E-state index is 11.7. The van der Waals surface area contributed by atoms with E-state index in [1.54, 1.807) is 6.07 Å². The minimum Gasteiger partial charge on any atom is -0.507 e. The Kier molecular flexibility index (Phi) is 9.19. The van der Waals surface area contributed by atoms with Crippen LogP contribution in [0.4, 0.5) is 0 Å². The van der Waals surface area contributed by atoms with Crippen LogP contribution >= 0.6 is 0 Å². The van der Waals surface area contributed by atoms with E-state index < -0.39 is 10.4 Å². The van der Waals surface area contributed by atoms with Gasteiger partial charge in [0.05, 0.1) is 0 Å². The van der Waals surface area contributed by atoms with Gasteiger partial charge in [-0.05, 0) is 78.7 Å². The third-order valence-electron chi connectivity index (χ3n) is 6.42. The summed E-state index contributed by atoms with van der Waals surface area (Å²) in [6, 6.07) is 1.65. The van der Waals surface area contributed by atoms with Crippen molar-refractivity contribution in [3.05, 3.63) is 57.7 Å². The molecule has 2 aliphatic heterocycles. The molecule has 0 saturated heterocycles.